The normalized spacial score (nSPS) is 12.6. The van der Waals surface area contributed by atoms with Crippen LogP contribution in [0.3, 0.4) is 0 Å². The molecule has 0 bridgehead atoms. The molecule has 0 aliphatic carbocycles. The third kappa shape index (κ3) is 3.44. The molecule has 0 fully saturated rings. The number of nitrogens with zero attached hydrogens (tertiary/aromatic N) is 1. The molecular formula is C11H14N2O6S. The van der Waals surface area contributed by atoms with Crippen LogP contribution in [0.25, 0.3) is 0 Å². The maximum Gasteiger partial charge on any atom is 0.325 e. The Hall–Kier alpha value is -2.16. The van der Waals surface area contributed by atoms with Gasteiger partial charge in [0.25, 0.3) is 5.69 Å². The van der Waals surface area contributed by atoms with E-state index >= 15 is 0 Å². The van der Waals surface area contributed by atoms with Crippen LogP contribution in [0.2, 0.25) is 0 Å². The van der Waals surface area contributed by atoms with Crippen LogP contribution in [0.15, 0.2) is 18.2 Å². The molecule has 20 heavy (non-hydrogen) atoms. The Morgan fingerprint density at radius 3 is 2.50 bits per heavy atom. The average molecular weight is 302 g/mol. The summed E-state index contributed by atoms with van der Waals surface area (Å²) in [5.41, 5.74) is 0.401. The van der Waals surface area contributed by atoms with Gasteiger partial charge in [-0.3, -0.25) is 19.6 Å². The highest BCUT2D eigenvalue weighted by molar-refractivity contribution is 7.94. The Kier molecular flexibility index (Phi) is 4.66. The van der Waals surface area contributed by atoms with Crippen LogP contribution < -0.4 is 4.72 Å². The van der Waals surface area contributed by atoms with Crippen molar-refractivity contribution in [2.75, 3.05) is 11.8 Å². The molecule has 0 unspecified atom stereocenters. The first-order chi connectivity index (χ1) is 9.19. The van der Waals surface area contributed by atoms with E-state index in [0.717, 1.165) is 7.11 Å². The van der Waals surface area contributed by atoms with Gasteiger partial charge in [-0.15, -0.1) is 0 Å². The lowest BCUT2D eigenvalue weighted by molar-refractivity contribution is -0.384. The lowest BCUT2D eigenvalue weighted by Gasteiger charge is -2.14. The molecule has 0 saturated heterocycles. The number of ether oxygens (including phenoxy) is 1. The minimum atomic E-state index is -3.97. The maximum atomic E-state index is 11.9. The number of carbonyl (C=O) groups is 1. The highest BCUT2D eigenvalue weighted by Gasteiger charge is 2.29. The monoisotopic (exact) mass is 302 g/mol. The summed E-state index contributed by atoms with van der Waals surface area (Å²) in [5, 5.41) is 9.20. The molecule has 0 saturated carbocycles. The molecule has 1 aromatic rings. The van der Waals surface area contributed by atoms with Gasteiger partial charge in [0.2, 0.25) is 10.0 Å². The van der Waals surface area contributed by atoms with Gasteiger partial charge < -0.3 is 4.74 Å². The Bertz CT molecular complexity index is 640. The molecule has 1 N–H and O–H groups in total. The van der Waals surface area contributed by atoms with E-state index in [-0.39, 0.29) is 11.4 Å². The molecule has 9 heteroatoms. The summed E-state index contributed by atoms with van der Waals surface area (Å²) in [6.07, 6.45) is 0. The number of nitro groups is 1. The van der Waals surface area contributed by atoms with E-state index < -0.39 is 26.2 Å². The second kappa shape index (κ2) is 5.87. The number of methoxy groups -OCH3 is 1. The van der Waals surface area contributed by atoms with E-state index in [0.29, 0.717) is 5.56 Å². The second-order valence-electron chi connectivity index (χ2n) is 4.07. The Labute approximate surface area is 115 Å². The smallest absolute Gasteiger partial charge is 0.325 e. The number of esters is 1. The minimum absolute atomic E-state index is 0.147. The Balaban J connectivity index is 3.04. The third-order valence-corrected chi connectivity index (χ3v) is 4.30. The van der Waals surface area contributed by atoms with Gasteiger partial charge in [0.15, 0.2) is 5.25 Å². The van der Waals surface area contributed by atoms with Crippen LogP contribution in [0.5, 0.6) is 0 Å². The van der Waals surface area contributed by atoms with Gasteiger partial charge in [-0.25, -0.2) is 8.42 Å². The van der Waals surface area contributed by atoms with Crippen molar-refractivity contribution in [3.05, 3.63) is 33.9 Å². The van der Waals surface area contributed by atoms with Crippen molar-refractivity contribution < 1.29 is 22.9 Å². The lowest BCUT2D eigenvalue weighted by atomic mass is 10.2. The molecule has 0 aliphatic rings. The van der Waals surface area contributed by atoms with Crippen LogP contribution in [-0.2, 0) is 19.6 Å². The molecule has 0 spiro atoms. The number of aryl methyl sites for hydroxylation is 1. The zero-order valence-corrected chi connectivity index (χ0v) is 11.9. The number of nitro benzene ring substituents is 1. The van der Waals surface area contributed by atoms with E-state index in [4.69, 9.17) is 0 Å². The zero-order valence-electron chi connectivity index (χ0n) is 11.1. The van der Waals surface area contributed by atoms with Crippen LogP contribution in [-0.4, -0.2) is 31.7 Å². The van der Waals surface area contributed by atoms with Crippen LogP contribution in [0, 0.1) is 17.0 Å². The average Bonchev–Trinajstić information content (AvgIpc) is 2.38. The number of non-ortho nitro benzene ring substituents is 1. The first kappa shape index (κ1) is 15.9. The van der Waals surface area contributed by atoms with Gasteiger partial charge in [0.1, 0.15) is 0 Å². The number of hydrogen-bond acceptors (Lipinski definition) is 6. The summed E-state index contributed by atoms with van der Waals surface area (Å²) in [7, 11) is -2.89. The van der Waals surface area contributed by atoms with Crippen molar-refractivity contribution in [3.8, 4) is 0 Å². The van der Waals surface area contributed by atoms with E-state index in [1.54, 1.807) is 0 Å². The van der Waals surface area contributed by atoms with Gasteiger partial charge in [-0.2, -0.15) is 0 Å². The maximum absolute atomic E-state index is 11.9. The number of sulfonamides is 1. The fourth-order valence-corrected chi connectivity index (χ4v) is 2.47. The van der Waals surface area contributed by atoms with Gasteiger partial charge >= 0.3 is 5.97 Å². The fourth-order valence-electron chi connectivity index (χ4n) is 1.41. The number of hydrogen-bond donors (Lipinski definition) is 1. The number of carbonyl (C=O) groups excluding carboxylic acids is 1. The van der Waals surface area contributed by atoms with Crippen LogP contribution in [0.1, 0.15) is 12.5 Å². The minimum Gasteiger partial charge on any atom is -0.468 e. The molecule has 0 radical (unpaired) electrons. The van der Waals surface area contributed by atoms with Crippen molar-refractivity contribution in [1.82, 2.24) is 0 Å². The molecule has 1 rings (SSSR count). The van der Waals surface area contributed by atoms with E-state index in [2.05, 4.69) is 9.46 Å². The van der Waals surface area contributed by atoms with Crippen molar-refractivity contribution >= 4 is 27.4 Å². The second-order valence-corrected chi connectivity index (χ2v) is 6.07. The highest BCUT2D eigenvalue weighted by atomic mass is 32.2. The first-order valence-electron chi connectivity index (χ1n) is 5.53. The quantitative estimate of drug-likeness (QED) is 0.496. The number of nitrogens with one attached hydrogen (secondary N) is 1. The van der Waals surface area contributed by atoms with E-state index in [1.165, 1.54) is 32.0 Å². The molecule has 1 aromatic carbocycles. The standard InChI is InChI=1S/C11H14N2O6S/c1-7-6-9(13(15)16)4-5-10(7)12-20(17,18)8(2)11(14)19-3/h4-6,8,12H,1-3H3/t8-/m0/s1. The summed E-state index contributed by atoms with van der Waals surface area (Å²) < 4.78 is 30.4. The molecule has 8 nitrogen and oxygen atoms in total. The molecule has 0 aromatic heterocycles. The van der Waals surface area contributed by atoms with Gasteiger partial charge in [-0.05, 0) is 25.5 Å². The number of benzene rings is 1. The van der Waals surface area contributed by atoms with Gasteiger partial charge in [0, 0.05) is 12.1 Å². The Morgan fingerprint density at radius 2 is 2.05 bits per heavy atom. The molecule has 110 valence electrons. The summed E-state index contributed by atoms with van der Waals surface area (Å²) in [4.78, 5) is 21.3. The summed E-state index contributed by atoms with van der Waals surface area (Å²) in [6.45, 7) is 2.71. The van der Waals surface area contributed by atoms with E-state index in [9.17, 15) is 23.3 Å². The largest absolute Gasteiger partial charge is 0.468 e. The predicted octanol–water partition coefficient (Wildman–Crippen LogP) is 1.21. The molecule has 0 amide bonds. The highest BCUT2D eigenvalue weighted by Crippen LogP contribution is 2.23. The fraction of sp³-hybridized carbons (Fsp3) is 0.364. The van der Waals surface area contributed by atoms with Crippen molar-refractivity contribution in [3.63, 3.8) is 0 Å². The molecule has 1 atom stereocenters. The summed E-state index contributed by atoms with van der Waals surface area (Å²) >= 11 is 0. The molecule has 0 aliphatic heterocycles. The summed E-state index contributed by atoms with van der Waals surface area (Å²) in [6, 6.07) is 3.68. The number of anilines is 1. The number of rotatable bonds is 5. The van der Waals surface area contributed by atoms with Gasteiger partial charge in [0.05, 0.1) is 17.7 Å². The topological polar surface area (TPSA) is 116 Å². The van der Waals surface area contributed by atoms with Crippen molar-refractivity contribution in [2.45, 2.75) is 19.1 Å². The van der Waals surface area contributed by atoms with Crippen molar-refractivity contribution in [1.29, 1.82) is 0 Å². The molecular weight excluding hydrogens is 288 g/mol. The van der Waals surface area contributed by atoms with Crippen LogP contribution in [0.4, 0.5) is 11.4 Å². The predicted molar refractivity (Wildman–Crippen MR) is 71.9 cm³/mol. The lowest BCUT2D eigenvalue weighted by Crippen LogP contribution is -2.33. The van der Waals surface area contributed by atoms with E-state index in [1.807, 2.05) is 0 Å². The first-order valence-corrected chi connectivity index (χ1v) is 7.08. The van der Waals surface area contributed by atoms with Gasteiger partial charge in [-0.1, -0.05) is 0 Å². The molecule has 0 heterocycles. The van der Waals surface area contributed by atoms with Crippen LogP contribution >= 0.6 is 0 Å². The SMILES string of the molecule is COC(=O)[C@H](C)S(=O)(=O)Nc1ccc([N+](=O)[O-])cc1C. The van der Waals surface area contributed by atoms with Crippen molar-refractivity contribution in [2.24, 2.45) is 0 Å². The zero-order chi connectivity index (χ0) is 15.5. The summed E-state index contributed by atoms with van der Waals surface area (Å²) in [5.74, 6) is -0.892. The third-order valence-electron chi connectivity index (χ3n) is 2.67. The Morgan fingerprint density at radius 1 is 1.45 bits per heavy atom.